The Morgan fingerprint density at radius 2 is 1.47 bits per heavy atom. The van der Waals surface area contributed by atoms with Crippen LogP contribution >= 0.6 is 0 Å². The van der Waals surface area contributed by atoms with E-state index in [9.17, 15) is 34.2 Å². The van der Waals surface area contributed by atoms with Crippen molar-refractivity contribution in [3.8, 4) is 0 Å². The number of primary amides is 1. The van der Waals surface area contributed by atoms with Crippen molar-refractivity contribution in [2.24, 2.45) is 17.4 Å². The normalized spacial score (nSPS) is 16.0. The van der Waals surface area contributed by atoms with E-state index in [1.807, 2.05) is 0 Å². The van der Waals surface area contributed by atoms with E-state index in [0.717, 1.165) is 0 Å². The first kappa shape index (κ1) is 27.3. The van der Waals surface area contributed by atoms with Crippen LogP contribution in [0.4, 0.5) is 0 Å². The predicted molar refractivity (Wildman–Crippen MR) is 107 cm³/mol. The Morgan fingerprint density at radius 3 is 1.90 bits per heavy atom. The van der Waals surface area contributed by atoms with Crippen LogP contribution in [-0.4, -0.2) is 70.1 Å². The molecular formula is C18H33N5O7. The maximum atomic E-state index is 12.4. The van der Waals surface area contributed by atoms with E-state index >= 15 is 0 Å². The number of aliphatic hydroxyl groups is 1. The molecule has 30 heavy (non-hydrogen) atoms. The summed E-state index contributed by atoms with van der Waals surface area (Å²) in [4.78, 5) is 58.8. The monoisotopic (exact) mass is 431 g/mol. The molecule has 0 saturated carbocycles. The summed E-state index contributed by atoms with van der Waals surface area (Å²) in [5, 5.41) is 26.0. The van der Waals surface area contributed by atoms with Crippen LogP contribution < -0.4 is 27.4 Å². The molecule has 12 nitrogen and oxygen atoms in total. The molecule has 0 rings (SSSR count). The van der Waals surface area contributed by atoms with Crippen LogP contribution in [0.5, 0.6) is 0 Å². The van der Waals surface area contributed by atoms with Gasteiger partial charge in [0.25, 0.3) is 0 Å². The van der Waals surface area contributed by atoms with Gasteiger partial charge in [-0.1, -0.05) is 13.8 Å². The number of carboxylic acids is 1. The molecule has 0 saturated heterocycles. The minimum absolute atomic E-state index is 0.0184. The molecule has 9 N–H and O–H groups in total. The number of hydrogen-bond donors (Lipinski definition) is 7. The fourth-order valence-corrected chi connectivity index (χ4v) is 2.45. The van der Waals surface area contributed by atoms with E-state index in [0.29, 0.717) is 0 Å². The first-order chi connectivity index (χ1) is 13.8. The fraction of sp³-hybridized carbons (Fsp3) is 0.722. The van der Waals surface area contributed by atoms with Crippen molar-refractivity contribution in [1.29, 1.82) is 0 Å². The van der Waals surface area contributed by atoms with Gasteiger partial charge < -0.3 is 37.6 Å². The fourth-order valence-electron chi connectivity index (χ4n) is 2.45. The first-order valence-electron chi connectivity index (χ1n) is 9.62. The number of nitrogens with one attached hydrogen (secondary N) is 3. The van der Waals surface area contributed by atoms with E-state index in [1.165, 1.54) is 13.8 Å². The van der Waals surface area contributed by atoms with Gasteiger partial charge in [0, 0.05) is 6.42 Å². The average Bonchev–Trinajstić information content (AvgIpc) is 2.61. The van der Waals surface area contributed by atoms with Crippen LogP contribution in [0.15, 0.2) is 0 Å². The third-order valence-electron chi connectivity index (χ3n) is 4.17. The van der Waals surface area contributed by atoms with Crippen LogP contribution in [0.25, 0.3) is 0 Å². The van der Waals surface area contributed by atoms with Crippen molar-refractivity contribution >= 4 is 29.6 Å². The average molecular weight is 431 g/mol. The van der Waals surface area contributed by atoms with E-state index < -0.39 is 59.9 Å². The summed E-state index contributed by atoms with van der Waals surface area (Å²) in [5.41, 5.74) is 10.6. The maximum absolute atomic E-state index is 12.4. The van der Waals surface area contributed by atoms with E-state index in [1.54, 1.807) is 13.8 Å². The highest BCUT2D eigenvalue weighted by Gasteiger charge is 2.31. The van der Waals surface area contributed by atoms with Gasteiger partial charge >= 0.3 is 5.97 Å². The van der Waals surface area contributed by atoms with Crippen molar-refractivity contribution < 1.29 is 34.2 Å². The third kappa shape index (κ3) is 10.2. The largest absolute Gasteiger partial charge is 0.480 e. The highest BCUT2D eigenvalue weighted by Crippen LogP contribution is 2.05. The Kier molecular flexibility index (Phi) is 11.6. The molecule has 0 radical (unpaired) electrons. The Bertz CT molecular complexity index is 638. The summed E-state index contributed by atoms with van der Waals surface area (Å²) >= 11 is 0. The third-order valence-corrected chi connectivity index (χ3v) is 4.17. The Labute approximate surface area is 175 Å². The predicted octanol–water partition coefficient (Wildman–Crippen LogP) is -2.43. The number of nitrogens with two attached hydrogens (primary N) is 2. The van der Waals surface area contributed by atoms with Crippen molar-refractivity contribution in [3.63, 3.8) is 0 Å². The smallest absolute Gasteiger partial charge is 0.326 e. The van der Waals surface area contributed by atoms with Crippen LogP contribution in [0.2, 0.25) is 0 Å². The summed E-state index contributed by atoms with van der Waals surface area (Å²) in [5.74, 6) is -4.19. The number of carbonyl (C=O) groups excluding carboxylic acids is 4. The number of rotatable bonds is 13. The summed E-state index contributed by atoms with van der Waals surface area (Å²) in [6.45, 7) is 6.20. The summed E-state index contributed by atoms with van der Waals surface area (Å²) in [6, 6.07) is -4.79. The zero-order chi connectivity index (χ0) is 23.6. The van der Waals surface area contributed by atoms with Gasteiger partial charge in [-0.25, -0.2) is 4.79 Å². The topological polar surface area (TPSA) is 214 Å². The second-order valence-electron chi connectivity index (χ2n) is 7.60. The second kappa shape index (κ2) is 12.8. The van der Waals surface area contributed by atoms with Crippen LogP contribution in [-0.2, 0) is 24.0 Å². The number of aliphatic hydroxyl groups excluding tert-OH is 1. The second-order valence-corrected chi connectivity index (χ2v) is 7.60. The Hall–Kier alpha value is -2.73. The molecule has 5 atom stereocenters. The van der Waals surface area contributed by atoms with Gasteiger partial charge in [-0.2, -0.15) is 0 Å². The van der Waals surface area contributed by atoms with E-state index in [-0.39, 0.29) is 25.2 Å². The molecule has 0 aliphatic heterocycles. The maximum Gasteiger partial charge on any atom is 0.326 e. The number of carboxylic acid groups (broad SMARTS) is 1. The number of aliphatic carboxylic acids is 1. The quantitative estimate of drug-likeness (QED) is 0.166. The molecule has 0 bridgehead atoms. The van der Waals surface area contributed by atoms with Crippen molar-refractivity contribution in [2.75, 3.05) is 0 Å². The minimum Gasteiger partial charge on any atom is -0.480 e. The standard InChI is InChI=1S/C18H33N5O7/c1-8(2)7-12(18(29)30)22-15(26)9(3)21-17(28)14(10(4)24)23-16(27)11(19)5-6-13(20)25/h8-12,14,24H,5-7,19H2,1-4H3,(H2,20,25)(H,21,28)(H,22,26)(H,23,27)(H,29,30). The highest BCUT2D eigenvalue weighted by molar-refractivity contribution is 5.94. The van der Waals surface area contributed by atoms with E-state index in [4.69, 9.17) is 11.5 Å². The van der Waals surface area contributed by atoms with Gasteiger partial charge in [0.1, 0.15) is 18.1 Å². The number of hydrogen-bond acceptors (Lipinski definition) is 7. The van der Waals surface area contributed by atoms with Gasteiger partial charge in [0.2, 0.25) is 23.6 Å². The van der Waals surface area contributed by atoms with Crippen molar-refractivity contribution in [2.45, 2.75) is 77.2 Å². The molecule has 0 aliphatic rings. The molecule has 0 fully saturated rings. The highest BCUT2D eigenvalue weighted by atomic mass is 16.4. The molecule has 0 aromatic carbocycles. The van der Waals surface area contributed by atoms with Crippen molar-refractivity contribution in [1.82, 2.24) is 16.0 Å². The molecule has 12 heteroatoms. The Morgan fingerprint density at radius 1 is 0.900 bits per heavy atom. The lowest BCUT2D eigenvalue weighted by Gasteiger charge is -2.25. The first-order valence-corrected chi connectivity index (χ1v) is 9.62. The lowest BCUT2D eigenvalue weighted by Crippen LogP contribution is -2.59. The minimum atomic E-state index is -1.42. The summed E-state index contributed by atoms with van der Waals surface area (Å²) in [7, 11) is 0. The molecule has 0 aromatic heterocycles. The molecule has 0 heterocycles. The summed E-state index contributed by atoms with van der Waals surface area (Å²) < 4.78 is 0. The molecule has 172 valence electrons. The van der Waals surface area contributed by atoms with Gasteiger partial charge in [-0.05, 0) is 32.6 Å². The molecule has 0 aromatic rings. The van der Waals surface area contributed by atoms with Crippen LogP contribution in [0.3, 0.4) is 0 Å². The zero-order valence-corrected chi connectivity index (χ0v) is 17.7. The molecule has 0 aliphatic carbocycles. The van der Waals surface area contributed by atoms with E-state index in [2.05, 4.69) is 16.0 Å². The lowest BCUT2D eigenvalue weighted by atomic mass is 10.0. The van der Waals surface area contributed by atoms with Crippen molar-refractivity contribution in [3.05, 3.63) is 0 Å². The van der Waals surface area contributed by atoms with Crippen LogP contribution in [0, 0.1) is 5.92 Å². The zero-order valence-electron chi connectivity index (χ0n) is 17.7. The molecule has 5 unspecified atom stereocenters. The SMILES string of the molecule is CC(C)CC(NC(=O)C(C)NC(=O)C(NC(=O)C(N)CCC(N)=O)C(C)O)C(=O)O. The van der Waals surface area contributed by atoms with Crippen LogP contribution in [0.1, 0.15) is 47.0 Å². The number of carbonyl (C=O) groups is 5. The Balaban J connectivity index is 4.96. The summed E-state index contributed by atoms with van der Waals surface area (Å²) in [6.07, 6.45) is -1.28. The molecular weight excluding hydrogens is 398 g/mol. The molecule has 0 spiro atoms. The van der Waals surface area contributed by atoms with Gasteiger partial charge in [0.05, 0.1) is 12.1 Å². The number of amides is 4. The van der Waals surface area contributed by atoms with Gasteiger partial charge in [-0.15, -0.1) is 0 Å². The van der Waals surface area contributed by atoms with Gasteiger partial charge in [0.15, 0.2) is 0 Å². The van der Waals surface area contributed by atoms with Gasteiger partial charge in [-0.3, -0.25) is 19.2 Å². The molecule has 4 amide bonds. The lowest BCUT2D eigenvalue weighted by molar-refractivity contribution is -0.142.